The maximum Gasteiger partial charge on any atom is 0.150 e. The van der Waals surface area contributed by atoms with E-state index in [1.807, 2.05) is 19.1 Å². The Kier molecular flexibility index (Phi) is 5.61. The molecule has 3 nitrogen and oxygen atoms in total. The third-order valence-corrected chi connectivity index (χ3v) is 4.39. The number of halogens is 1. The summed E-state index contributed by atoms with van der Waals surface area (Å²) in [6, 6.07) is 10.2. The van der Waals surface area contributed by atoms with Crippen molar-refractivity contribution in [3.8, 4) is 5.75 Å². The van der Waals surface area contributed by atoms with Gasteiger partial charge in [0.2, 0.25) is 0 Å². The highest BCUT2D eigenvalue weighted by Gasteiger charge is 2.13. The molecule has 0 amide bonds. The molecule has 1 aromatic heterocycles. The van der Waals surface area contributed by atoms with Crippen molar-refractivity contribution in [2.24, 2.45) is 0 Å². The molecule has 0 fully saturated rings. The van der Waals surface area contributed by atoms with E-state index in [-0.39, 0.29) is 5.82 Å². The molecule has 1 heterocycles. The van der Waals surface area contributed by atoms with Gasteiger partial charge in [-0.2, -0.15) is 0 Å². The summed E-state index contributed by atoms with van der Waals surface area (Å²) in [5.74, 6) is 0.491. The number of benzene rings is 2. The Balaban J connectivity index is 2.00. The molecule has 0 atom stereocenters. The van der Waals surface area contributed by atoms with Crippen LogP contribution in [0.4, 0.5) is 4.39 Å². The van der Waals surface area contributed by atoms with Gasteiger partial charge in [-0.25, -0.2) is 4.39 Å². The highest BCUT2D eigenvalue weighted by molar-refractivity contribution is 6.00. The summed E-state index contributed by atoms with van der Waals surface area (Å²) in [4.78, 5) is 16.1. The number of ether oxygens (including phenoxy) is 1. The van der Waals surface area contributed by atoms with E-state index in [2.05, 4.69) is 11.9 Å². The lowest BCUT2D eigenvalue weighted by atomic mass is 10.0. The van der Waals surface area contributed by atoms with Crippen molar-refractivity contribution in [2.45, 2.75) is 33.1 Å². The smallest absolute Gasteiger partial charge is 0.150 e. The molecule has 0 saturated heterocycles. The summed E-state index contributed by atoms with van der Waals surface area (Å²) in [6.07, 6.45) is 5.31. The Labute approximate surface area is 152 Å². The molecule has 0 N–H and O–H groups in total. The standard InChI is InChI=1S/C22H22FNO2/c1-3-4-9-26-22-15(2)10-18(14-25)20-12-17(13-24-21(20)22)11-16-5-7-19(23)8-6-16/h5-8,10,12-14H,3-4,9,11H2,1-2H3. The molecule has 3 aromatic rings. The fraction of sp³-hybridized carbons (Fsp3) is 0.273. The minimum absolute atomic E-state index is 0.252. The van der Waals surface area contributed by atoms with Crippen LogP contribution in [0, 0.1) is 12.7 Å². The number of aromatic nitrogens is 1. The second kappa shape index (κ2) is 8.09. The molecule has 134 valence electrons. The van der Waals surface area contributed by atoms with Crippen molar-refractivity contribution in [3.63, 3.8) is 0 Å². The maximum absolute atomic E-state index is 13.1. The average Bonchev–Trinajstić information content (AvgIpc) is 2.65. The minimum Gasteiger partial charge on any atom is -0.491 e. The molecular weight excluding hydrogens is 329 g/mol. The maximum atomic E-state index is 13.1. The second-order valence-electron chi connectivity index (χ2n) is 6.47. The van der Waals surface area contributed by atoms with E-state index in [0.717, 1.165) is 47.0 Å². The molecule has 0 radical (unpaired) electrons. The molecule has 2 aromatic carbocycles. The van der Waals surface area contributed by atoms with Crippen LogP contribution in [0.25, 0.3) is 10.9 Å². The Hall–Kier alpha value is -2.75. The van der Waals surface area contributed by atoms with Crippen LogP contribution in [-0.2, 0) is 6.42 Å². The predicted molar refractivity (Wildman–Crippen MR) is 101 cm³/mol. The lowest BCUT2D eigenvalue weighted by molar-refractivity contribution is 0.112. The highest BCUT2D eigenvalue weighted by atomic mass is 19.1. The zero-order valence-electron chi connectivity index (χ0n) is 15.1. The normalized spacial score (nSPS) is 10.9. The Morgan fingerprint density at radius 1 is 1.15 bits per heavy atom. The first kappa shape index (κ1) is 18.1. The molecule has 26 heavy (non-hydrogen) atoms. The number of rotatable bonds is 7. The predicted octanol–water partition coefficient (Wildman–Crippen LogP) is 5.26. The molecule has 0 spiro atoms. The summed E-state index contributed by atoms with van der Waals surface area (Å²) in [5, 5.41) is 0.789. The zero-order chi connectivity index (χ0) is 18.5. The number of hydrogen-bond donors (Lipinski definition) is 0. The van der Waals surface area contributed by atoms with Gasteiger partial charge < -0.3 is 4.74 Å². The van der Waals surface area contributed by atoms with Gasteiger partial charge in [0, 0.05) is 17.1 Å². The summed E-state index contributed by atoms with van der Waals surface area (Å²) < 4.78 is 19.0. The van der Waals surface area contributed by atoms with Crippen LogP contribution in [0.15, 0.2) is 42.6 Å². The number of hydrogen-bond acceptors (Lipinski definition) is 3. The van der Waals surface area contributed by atoms with Gasteiger partial charge in [0.1, 0.15) is 17.1 Å². The Morgan fingerprint density at radius 2 is 1.92 bits per heavy atom. The van der Waals surface area contributed by atoms with Crippen LogP contribution in [0.2, 0.25) is 0 Å². The molecule has 0 bridgehead atoms. The van der Waals surface area contributed by atoms with E-state index in [4.69, 9.17) is 4.74 Å². The first-order valence-electron chi connectivity index (χ1n) is 8.87. The minimum atomic E-state index is -0.252. The van der Waals surface area contributed by atoms with Gasteiger partial charge in [-0.3, -0.25) is 9.78 Å². The van der Waals surface area contributed by atoms with Gasteiger partial charge in [0.15, 0.2) is 6.29 Å². The molecule has 3 rings (SSSR count). The van der Waals surface area contributed by atoms with Crippen molar-refractivity contribution in [3.05, 3.63) is 70.7 Å². The number of pyridine rings is 1. The number of nitrogens with zero attached hydrogens (tertiary/aromatic N) is 1. The van der Waals surface area contributed by atoms with Gasteiger partial charge in [0.25, 0.3) is 0 Å². The van der Waals surface area contributed by atoms with Gasteiger partial charge >= 0.3 is 0 Å². The van der Waals surface area contributed by atoms with Crippen LogP contribution in [0.3, 0.4) is 0 Å². The molecule has 4 heteroatoms. The van der Waals surface area contributed by atoms with Crippen LogP contribution < -0.4 is 4.74 Å². The van der Waals surface area contributed by atoms with E-state index < -0.39 is 0 Å². The average molecular weight is 351 g/mol. The van der Waals surface area contributed by atoms with Gasteiger partial charge in [-0.1, -0.05) is 25.5 Å². The summed E-state index contributed by atoms with van der Waals surface area (Å²) >= 11 is 0. The van der Waals surface area contributed by atoms with Crippen molar-refractivity contribution in [1.82, 2.24) is 4.98 Å². The number of carbonyl (C=O) groups excluding carboxylic acids is 1. The summed E-state index contributed by atoms with van der Waals surface area (Å²) in [6.45, 7) is 4.68. The lowest BCUT2D eigenvalue weighted by Gasteiger charge is -2.14. The molecule has 0 saturated carbocycles. The largest absolute Gasteiger partial charge is 0.491 e. The van der Waals surface area contributed by atoms with Crippen molar-refractivity contribution in [2.75, 3.05) is 6.61 Å². The van der Waals surface area contributed by atoms with Crippen molar-refractivity contribution < 1.29 is 13.9 Å². The second-order valence-corrected chi connectivity index (χ2v) is 6.47. The molecule has 0 aliphatic carbocycles. The molecule has 0 aliphatic rings. The number of carbonyl (C=O) groups is 1. The fourth-order valence-corrected chi connectivity index (χ4v) is 3.01. The van der Waals surface area contributed by atoms with E-state index in [0.29, 0.717) is 24.1 Å². The van der Waals surface area contributed by atoms with Crippen LogP contribution in [0.1, 0.15) is 46.8 Å². The summed E-state index contributed by atoms with van der Waals surface area (Å²) in [7, 11) is 0. The monoisotopic (exact) mass is 351 g/mol. The van der Waals surface area contributed by atoms with Crippen molar-refractivity contribution in [1.29, 1.82) is 0 Å². The van der Waals surface area contributed by atoms with E-state index in [9.17, 15) is 9.18 Å². The number of aryl methyl sites for hydroxylation is 1. The first-order chi connectivity index (χ1) is 12.6. The van der Waals surface area contributed by atoms with Crippen LogP contribution in [0.5, 0.6) is 5.75 Å². The fourth-order valence-electron chi connectivity index (χ4n) is 3.01. The SMILES string of the molecule is CCCCOc1c(C)cc(C=O)c2cc(Cc3ccc(F)cc3)cnc12. The summed E-state index contributed by atoms with van der Waals surface area (Å²) in [5.41, 5.74) is 4.19. The third kappa shape index (κ3) is 3.90. The van der Waals surface area contributed by atoms with Gasteiger partial charge in [0.05, 0.1) is 6.61 Å². The molecular formula is C22H22FNO2. The number of unbranched alkanes of at least 4 members (excludes halogenated alkanes) is 1. The quantitative estimate of drug-likeness (QED) is 0.430. The van der Waals surface area contributed by atoms with Gasteiger partial charge in [-0.05, 0) is 60.7 Å². The topological polar surface area (TPSA) is 39.2 Å². The van der Waals surface area contributed by atoms with Crippen LogP contribution >= 0.6 is 0 Å². The third-order valence-electron chi connectivity index (χ3n) is 4.39. The Morgan fingerprint density at radius 3 is 2.62 bits per heavy atom. The van der Waals surface area contributed by atoms with E-state index in [1.54, 1.807) is 18.3 Å². The molecule has 0 unspecified atom stereocenters. The van der Waals surface area contributed by atoms with E-state index >= 15 is 0 Å². The van der Waals surface area contributed by atoms with Crippen molar-refractivity contribution >= 4 is 17.2 Å². The van der Waals surface area contributed by atoms with Gasteiger partial charge in [-0.15, -0.1) is 0 Å². The van der Waals surface area contributed by atoms with E-state index in [1.165, 1.54) is 12.1 Å². The number of aldehydes is 1. The lowest BCUT2D eigenvalue weighted by Crippen LogP contribution is -2.02. The highest BCUT2D eigenvalue weighted by Crippen LogP contribution is 2.31. The first-order valence-corrected chi connectivity index (χ1v) is 8.87. The Bertz CT molecular complexity index is 920. The number of fused-ring (bicyclic) bond motifs is 1. The molecule has 0 aliphatic heterocycles. The zero-order valence-corrected chi connectivity index (χ0v) is 15.1. The van der Waals surface area contributed by atoms with Crippen LogP contribution in [-0.4, -0.2) is 17.9 Å².